The van der Waals surface area contributed by atoms with Crippen LogP contribution in [0.15, 0.2) is 34.1 Å². The smallest absolute Gasteiger partial charge is 0.358 e. The Morgan fingerprint density at radius 2 is 1.97 bits per heavy atom. The van der Waals surface area contributed by atoms with E-state index in [1.165, 1.54) is 5.38 Å². The number of hydrogen-bond donors (Lipinski definition) is 2. The molecule has 0 aliphatic heterocycles. The molecule has 0 spiro atoms. The summed E-state index contributed by atoms with van der Waals surface area (Å²) in [7, 11) is 3.65. The predicted octanol–water partition coefficient (Wildman–Crippen LogP) is 3.08. The van der Waals surface area contributed by atoms with Crippen molar-refractivity contribution in [2.45, 2.75) is 19.4 Å². The van der Waals surface area contributed by atoms with Gasteiger partial charge >= 0.3 is 5.97 Å². The summed E-state index contributed by atoms with van der Waals surface area (Å²) >= 11 is 0.973. The van der Waals surface area contributed by atoms with Crippen LogP contribution in [0.3, 0.4) is 0 Å². The van der Waals surface area contributed by atoms with Crippen LogP contribution in [0.5, 0.6) is 0 Å². The van der Waals surface area contributed by atoms with E-state index in [1.54, 1.807) is 18.2 Å². The Kier molecular flexibility index (Phi) is 6.06. The number of nitrogens with zero attached hydrogens (tertiary/aromatic N) is 6. The van der Waals surface area contributed by atoms with Crippen LogP contribution in [-0.4, -0.2) is 56.0 Å². The average Bonchev–Trinajstić information content (AvgIpc) is 3.51. The number of benzene rings is 1. The standard InChI is InChI=1S/C21H19F2N7O4S/c1-21(22,23)12-9-35-13(25-12)8-30-27-14(18(24)31)15(28-30)19-26-16(20(32)33)17(34-19)10-5-4-6-11(7-10)29(2)3/h4-7,9H,8H2,1-3H3,(H2,24,31)(H,32,33). The number of aromatic carboxylic acids is 1. The number of amides is 1. The van der Waals surface area contributed by atoms with Gasteiger partial charge in [0.2, 0.25) is 0 Å². The molecule has 11 nitrogen and oxygen atoms in total. The highest BCUT2D eigenvalue weighted by molar-refractivity contribution is 7.09. The highest BCUT2D eigenvalue weighted by atomic mass is 32.1. The Labute approximate surface area is 200 Å². The first-order valence-electron chi connectivity index (χ1n) is 10.0. The van der Waals surface area contributed by atoms with Gasteiger partial charge in [0.05, 0.1) is 0 Å². The number of oxazole rings is 1. The van der Waals surface area contributed by atoms with E-state index in [1.807, 2.05) is 25.1 Å². The van der Waals surface area contributed by atoms with Crippen LogP contribution in [0.2, 0.25) is 0 Å². The number of carboxylic acids is 1. The minimum atomic E-state index is -3.11. The summed E-state index contributed by atoms with van der Waals surface area (Å²) in [5.74, 6) is -5.75. The fraction of sp³-hybridized carbons (Fsp3) is 0.238. The van der Waals surface area contributed by atoms with Crippen molar-refractivity contribution >= 4 is 28.9 Å². The number of carbonyl (C=O) groups excluding carboxylic acids is 1. The van der Waals surface area contributed by atoms with Crippen molar-refractivity contribution in [2.75, 3.05) is 19.0 Å². The first-order chi connectivity index (χ1) is 16.4. The van der Waals surface area contributed by atoms with Crippen molar-refractivity contribution in [2.24, 2.45) is 5.73 Å². The third-order valence-electron chi connectivity index (χ3n) is 4.82. The van der Waals surface area contributed by atoms with E-state index in [-0.39, 0.29) is 34.6 Å². The molecule has 0 aliphatic carbocycles. The first kappa shape index (κ1) is 23.9. The van der Waals surface area contributed by atoms with E-state index in [2.05, 4.69) is 20.2 Å². The van der Waals surface area contributed by atoms with Gasteiger partial charge in [-0.25, -0.2) is 9.78 Å². The van der Waals surface area contributed by atoms with Crippen LogP contribution in [0.1, 0.15) is 38.6 Å². The molecule has 0 saturated heterocycles. The molecule has 35 heavy (non-hydrogen) atoms. The lowest BCUT2D eigenvalue weighted by atomic mass is 10.1. The highest BCUT2D eigenvalue weighted by Crippen LogP contribution is 2.32. The summed E-state index contributed by atoms with van der Waals surface area (Å²) in [5, 5.41) is 19.3. The summed E-state index contributed by atoms with van der Waals surface area (Å²) in [6.07, 6.45) is 0. The van der Waals surface area contributed by atoms with Crippen molar-refractivity contribution in [1.29, 1.82) is 0 Å². The molecule has 0 radical (unpaired) electrons. The molecule has 1 amide bonds. The van der Waals surface area contributed by atoms with Gasteiger partial charge in [-0.05, 0) is 12.1 Å². The lowest BCUT2D eigenvalue weighted by molar-refractivity contribution is 0.0132. The molecule has 0 atom stereocenters. The van der Waals surface area contributed by atoms with Crippen molar-refractivity contribution in [1.82, 2.24) is 25.0 Å². The van der Waals surface area contributed by atoms with Crippen LogP contribution >= 0.6 is 11.3 Å². The van der Waals surface area contributed by atoms with E-state index in [9.17, 15) is 23.5 Å². The Bertz CT molecular complexity index is 1420. The summed E-state index contributed by atoms with van der Waals surface area (Å²) < 4.78 is 32.7. The molecule has 0 aliphatic rings. The number of nitrogens with two attached hydrogens (primary N) is 1. The van der Waals surface area contributed by atoms with E-state index < -0.39 is 29.2 Å². The van der Waals surface area contributed by atoms with Gasteiger partial charge in [0.15, 0.2) is 22.8 Å². The predicted molar refractivity (Wildman–Crippen MR) is 122 cm³/mol. The van der Waals surface area contributed by atoms with E-state index in [0.29, 0.717) is 5.56 Å². The second-order valence-electron chi connectivity index (χ2n) is 7.75. The molecule has 4 aromatic rings. The largest absolute Gasteiger partial charge is 0.476 e. The van der Waals surface area contributed by atoms with E-state index in [4.69, 9.17) is 10.2 Å². The summed E-state index contributed by atoms with van der Waals surface area (Å²) in [6.45, 7) is 0.598. The molecule has 3 N–H and O–H groups in total. The van der Waals surface area contributed by atoms with Gasteiger partial charge in [-0.1, -0.05) is 12.1 Å². The van der Waals surface area contributed by atoms with Gasteiger partial charge in [-0.3, -0.25) is 4.79 Å². The summed E-state index contributed by atoms with van der Waals surface area (Å²) in [4.78, 5) is 34.6. The number of carbonyl (C=O) groups is 2. The SMILES string of the molecule is CN(C)c1cccc(-c2oc(-c3nn(Cc4nc(C(C)(F)F)cs4)nc3C(N)=O)nc2C(=O)O)c1. The van der Waals surface area contributed by atoms with Crippen LogP contribution in [-0.2, 0) is 12.5 Å². The zero-order chi connectivity index (χ0) is 25.5. The number of halogens is 2. The molecule has 0 fully saturated rings. The van der Waals surface area contributed by atoms with Gasteiger partial charge in [-0.2, -0.15) is 18.6 Å². The maximum absolute atomic E-state index is 13.5. The first-order valence-corrected chi connectivity index (χ1v) is 10.9. The Morgan fingerprint density at radius 3 is 2.57 bits per heavy atom. The minimum Gasteiger partial charge on any atom is -0.476 e. The highest BCUT2D eigenvalue weighted by Gasteiger charge is 2.29. The average molecular weight is 503 g/mol. The Balaban J connectivity index is 1.76. The molecule has 14 heteroatoms. The molecule has 4 rings (SSSR count). The number of anilines is 1. The normalized spacial score (nSPS) is 11.6. The second-order valence-corrected chi connectivity index (χ2v) is 8.70. The Morgan fingerprint density at radius 1 is 1.23 bits per heavy atom. The Hall–Kier alpha value is -4.20. The maximum atomic E-state index is 13.5. The van der Waals surface area contributed by atoms with E-state index >= 15 is 0 Å². The third-order valence-corrected chi connectivity index (χ3v) is 5.66. The molecule has 1 aromatic carbocycles. The number of hydrogen-bond acceptors (Lipinski definition) is 9. The zero-order valence-corrected chi connectivity index (χ0v) is 19.5. The van der Waals surface area contributed by atoms with Gasteiger partial charge < -0.3 is 20.2 Å². The van der Waals surface area contributed by atoms with Gasteiger partial charge in [0.25, 0.3) is 17.7 Å². The number of primary amides is 1. The van der Waals surface area contributed by atoms with Gasteiger partial charge in [0.1, 0.15) is 17.2 Å². The van der Waals surface area contributed by atoms with Crippen molar-refractivity contribution < 1.29 is 27.9 Å². The lowest BCUT2D eigenvalue weighted by Gasteiger charge is -2.12. The number of alkyl halides is 2. The molecule has 3 aromatic heterocycles. The molecule has 0 saturated carbocycles. The van der Waals surface area contributed by atoms with Crippen LogP contribution in [0, 0.1) is 0 Å². The number of rotatable bonds is 8. The van der Waals surface area contributed by atoms with Crippen molar-refractivity contribution in [3.63, 3.8) is 0 Å². The number of carboxylic acid groups (broad SMARTS) is 1. The molecular formula is C21H19F2N7O4S. The monoisotopic (exact) mass is 503 g/mol. The third kappa shape index (κ3) is 4.87. The fourth-order valence-corrected chi connectivity index (χ4v) is 3.97. The number of aromatic nitrogens is 5. The minimum absolute atomic E-state index is 0.0455. The van der Waals surface area contributed by atoms with Crippen molar-refractivity contribution in [3.05, 3.63) is 51.7 Å². The molecule has 0 bridgehead atoms. The van der Waals surface area contributed by atoms with Gasteiger partial charge in [0, 0.05) is 37.6 Å². The molecule has 182 valence electrons. The lowest BCUT2D eigenvalue weighted by Crippen LogP contribution is -2.14. The summed E-state index contributed by atoms with van der Waals surface area (Å²) in [6, 6.07) is 6.92. The molecule has 0 unspecified atom stereocenters. The topological polar surface area (TPSA) is 153 Å². The number of thiazole rings is 1. The quantitative estimate of drug-likeness (QED) is 0.369. The zero-order valence-electron chi connectivity index (χ0n) is 18.7. The summed E-state index contributed by atoms with van der Waals surface area (Å²) in [5.41, 5.74) is 5.36. The van der Waals surface area contributed by atoms with Crippen LogP contribution in [0.25, 0.3) is 22.9 Å². The molecular weight excluding hydrogens is 484 g/mol. The molecule has 3 heterocycles. The van der Waals surface area contributed by atoms with E-state index in [0.717, 1.165) is 28.7 Å². The second kappa shape index (κ2) is 8.87. The van der Waals surface area contributed by atoms with Crippen LogP contribution in [0.4, 0.5) is 14.5 Å². The maximum Gasteiger partial charge on any atom is 0.358 e. The van der Waals surface area contributed by atoms with Gasteiger partial charge in [-0.15, -0.1) is 21.5 Å². The van der Waals surface area contributed by atoms with Crippen molar-refractivity contribution in [3.8, 4) is 22.9 Å². The van der Waals surface area contributed by atoms with Crippen LogP contribution < -0.4 is 10.6 Å². The fourth-order valence-electron chi connectivity index (χ4n) is 3.12.